The fourth-order valence-corrected chi connectivity index (χ4v) is 2.21. The van der Waals surface area contributed by atoms with E-state index in [2.05, 4.69) is 6.07 Å². The van der Waals surface area contributed by atoms with Crippen molar-refractivity contribution in [2.75, 3.05) is 13.7 Å². The van der Waals surface area contributed by atoms with Crippen LogP contribution in [0.4, 0.5) is 0 Å². The SMILES string of the molecule is COc1ccc2c(c1)CN(C(=O)C(C)C)CC2. The van der Waals surface area contributed by atoms with Gasteiger partial charge in [0.2, 0.25) is 5.91 Å². The van der Waals surface area contributed by atoms with Crippen LogP contribution in [0.2, 0.25) is 0 Å². The van der Waals surface area contributed by atoms with E-state index in [0.29, 0.717) is 6.54 Å². The van der Waals surface area contributed by atoms with Gasteiger partial charge in [-0.05, 0) is 29.7 Å². The lowest BCUT2D eigenvalue weighted by Gasteiger charge is -2.30. The third-order valence-corrected chi connectivity index (χ3v) is 3.23. The Morgan fingerprint density at radius 2 is 2.12 bits per heavy atom. The van der Waals surface area contributed by atoms with Crippen molar-refractivity contribution in [1.82, 2.24) is 4.90 Å². The summed E-state index contributed by atoms with van der Waals surface area (Å²) in [5.41, 5.74) is 2.54. The first-order chi connectivity index (χ1) is 8.11. The average molecular weight is 233 g/mol. The first kappa shape index (κ1) is 12.0. The van der Waals surface area contributed by atoms with E-state index in [9.17, 15) is 4.79 Å². The maximum absolute atomic E-state index is 12.0. The van der Waals surface area contributed by atoms with Crippen molar-refractivity contribution in [3.63, 3.8) is 0 Å². The predicted octanol–water partition coefficient (Wildman–Crippen LogP) is 2.24. The molecule has 1 amide bonds. The summed E-state index contributed by atoms with van der Waals surface area (Å²) in [5, 5.41) is 0. The summed E-state index contributed by atoms with van der Waals surface area (Å²) in [6.45, 7) is 5.44. The van der Waals surface area contributed by atoms with E-state index in [1.165, 1.54) is 11.1 Å². The van der Waals surface area contributed by atoms with Crippen LogP contribution in [0.1, 0.15) is 25.0 Å². The molecule has 0 bridgehead atoms. The van der Waals surface area contributed by atoms with Gasteiger partial charge in [0.05, 0.1) is 7.11 Å². The van der Waals surface area contributed by atoms with Gasteiger partial charge in [-0.3, -0.25) is 4.79 Å². The standard InChI is InChI=1S/C14H19NO2/c1-10(2)14(16)15-7-6-11-4-5-13(17-3)8-12(11)9-15/h4-5,8,10H,6-7,9H2,1-3H3. The van der Waals surface area contributed by atoms with Crippen LogP contribution >= 0.6 is 0 Å². The number of ether oxygens (including phenoxy) is 1. The van der Waals surface area contributed by atoms with Crippen molar-refractivity contribution < 1.29 is 9.53 Å². The molecule has 3 nitrogen and oxygen atoms in total. The van der Waals surface area contributed by atoms with Crippen molar-refractivity contribution in [3.8, 4) is 5.75 Å². The smallest absolute Gasteiger partial charge is 0.225 e. The molecular formula is C14H19NO2. The van der Waals surface area contributed by atoms with Gasteiger partial charge in [0.1, 0.15) is 5.75 Å². The monoisotopic (exact) mass is 233 g/mol. The molecule has 0 N–H and O–H groups in total. The van der Waals surface area contributed by atoms with E-state index < -0.39 is 0 Å². The third-order valence-electron chi connectivity index (χ3n) is 3.23. The molecule has 0 fully saturated rings. The molecule has 3 heteroatoms. The molecular weight excluding hydrogens is 214 g/mol. The molecule has 1 aromatic rings. The van der Waals surface area contributed by atoms with Crippen LogP contribution in [0.25, 0.3) is 0 Å². The minimum Gasteiger partial charge on any atom is -0.497 e. The molecule has 2 rings (SSSR count). The molecule has 1 heterocycles. The van der Waals surface area contributed by atoms with E-state index in [1.54, 1.807) is 7.11 Å². The zero-order chi connectivity index (χ0) is 12.4. The lowest BCUT2D eigenvalue weighted by molar-refractivity contribution is -0.135. The molecule has 0 atom stereocenters. The first-order valence-corrected chi connectivity index (χ1v) is 6.06. The molecule has 0 unspecified atom stereocenters. The van der Waals surface area contributed by atoms with Crippen LogP contribution in [-0.2, 0) is 17.8 Å². The molecule has 17 heavy (non-hydrogen) atoms. The molecule has 1 aliphatic heterocycles. The van der Waals surface area contributed by atoms with Crippen molar-refractivity contribution in [2.24, 2.45) is 5.92 Å². The van der Waals surface area contributed by atoms with Gasteiger partial charge in [0, 0.05) is 19.0 Å². The molecule has 0 aliphatic carbocycles. The van der Waals surface area contributed by atoms with E-state index >= 15 is 0 Å². The van der Waals surface area contributed by atoms with Gasteiger partial charge >= 0.3 is 0 Å². The molecule has 0 aromatic heterocycles. The molecule has 0 spiro atoms. The zero-order valence-electron chi connectivity index (χ0n) is 10.7. The van der Waals surface area contributed by atoms with Crippen molar-refractivity contribution in [3.05, 3.63) is 29.3 Å². The summed E-state index contributed by atoms with van der Waals surface area (Å²) >= 11 is 0. The summed E-state index contributed by atoms with van der Waals surface area (Å²) in [4.78, 5) is 13.9. The average Bonchev–Trinajstić information content (AvgIpc) is 2.36. The van der Waals surface area contributed by atoms with E-state index in [0.717, 1.165) is 18.7 Å². The van der Waals surface area contributed by atoms with Gasteiger partial charge in [0.15, 0.2) is 0 Å². The number of benzene rings is 1. The summed E-state index contributed by atoms with van der Waals surface area (Å²) < 4.78 is 5.22. The number of hydrogen-bond donors (Lipinski definition) is 0. The maximum Gasteiger partial charge on any atom is 0.225 e. The second-order valence-corrected chi connectivity index (χ2v) is 4.80. The second kappa shape index (κ2) is 4.78. The summed E-state index contributed by atoms with van der Waals surface area (Å²) in [6.07, 6.45) is 0.942. The Balaban J connectivity index is 2.19. The van der Waals surface area contributed by atoms with Crippen LogP contribution in [-0.4, -0.2) is 24.5 Å². The summed E-state index contributed by atoms with van der Waals surface area (Å²) in [6, 6.07) is 6.12. The van der Waals surface area contributed by atoms with Crippen molar-refractivity contribution in [1.29, 1.82) is 0 Å². The summed E-state index contributed by atoms with van der Waals surface area (Å²) in [7, 11) is 1.67. The molecule has 0 radical (unpaired) electrons. The van der Waals surface area contributed by atoms with Gasteiger partial charge in [-0.25, -0.2) is 0 Å². The number of methoxy groups -OCH3 is 1. The summed E-state index contributed by atoms with van der Waals surface area (Å²) in [5.74, 6) is 1.17. The molecule has 1 aromatic carbocycles. The largest absolute Gasteiger partial charge is 0.497 e. The Morgan fingerprint density at radius 1 is 1.35 bits per heavy atom. The van der Waals surface area contributed by atoms with Crippen LogP contribution < -0.4 is 4.74 Å². The van der Waals surface area contributed by atoms with Crippen molar-refractivity contribution in [2.45, 2.75) is 26.8 Å². The number of rotatable bonds is 2. The highest BCUT2D eigenvalue weighted by atomic mass is 16.5. The lowest BCUT2D eigenvalue weighted by atomic mass is 9.98. The molecule has 0 saturated carbocycles. The first-order valence-electron chi connectivity index (χ1n) is 6.06. The molecule has 0 saturated heterocycles. The van der Waals surface area contributed by atoms with E-state index in [-0.39, 0.29) is 11.8 Å². The third kappa shape index (κ3) is 2.43. The number of nitrogens with zero attached hydrogens (tertiary/aromatic N) is 1. The zero-order valence-corrected chi connectivity index (χ0v) is 10.7. The van der Waals surface area contributed by atoms with Gasteiger partial charge in [0.25, 0.3) is 0 Å². The molecule has 1 aliphatic rings. The minimum atomic E-state index is 0.0714. The Hall–Kier alpha value is -1.51. The Bertz CT molecular complexity index is 426. The van der Waals surface area contributed by atoms with Gasteiger partial charge in [-0.15, -0.1) is 0 Å². The topological polar surface area (TPSA) is 29.5 Å². The fourth-order valence-electron chi connectivity index (χ4n) is 2.21. The highest BCUT2D eigenvalue weighted by Gasteiger charge is 2.22. The van der Waals surface area contributed by atoms with E-state index in [4.69, 9.17) is 4.74 Å². The number of carbonyl (C=O) groups excluding carboxylic acids is 1. The normalized spacial score (nSPS) is 14.7. The number of carbonyl (C=O) groups is 1. The Kier molecular flexibility index (Phi) is 3.36. The van der Waals surface area contributed by atoms with E-state index in [1.807, 2.05) is 30.9 Å². The van der Waals surface area contributed by atoms with Gasteiger partial charge in [-0.2, -0.15) is 0 Å². The highest BCUT2D eigenvalue weighted by molar-refractivity contribution is 5.78. The second-order valence-electron chi connectivity index (χ2n) is 4.80. The quantitative estimate of drug-likeness (QED) is 0.784. The number of hydrogen-bond acceptors (Lipinski definition) is 2. The Labute approximate surface area is 102 Å². The number of fused-ring (bicyclic) bond motifs is 1. The number of amides is 1. The molecule has 92 valence electrons. The maximum atomic E-state index is 12.0. The van der Waals surface area contributed by atoms with Gasteiger partial charge < -0.3 is 9.64 Å². The predicted molar refractivity (Wildman–Crippen MR) is 67.0 cm³/mol. The van der Waals surface area contributed by atoms with Crippen molar-refractivity contribution >= 4 is 5.91 Å². The highest BCUT2D eigenvalue weighted by Crippen LogP contribution is 2.24. The van der Waals surface area contributed by atoms with Crippen LogP contribution in [0.15, 0.2) is 18.2 Å². The minimum absolute atomic E-state index is 0.0714. The van der Waals surface area contributed by atoms with Crippen LogP contribution in [0, 0.1) is 5.92 Å². The van der Waals surface area contributed by atoms with Gasteiger partial charge in [-0.1, -0.05) is 19.9 Å². The fraction of sp³-hybridized carbons (Fsp3) is 0.500. The lowest BCUT2D eigenvalue weighted by Crippen LogP contribution is -2.38. The Morgan fingerprint density at radius 3 is 2.76 bits per heavy atom. The van der Waals surface area contributed by atoms with Crippen LogP contribution in [0.3, 0.4) is 0 Å². The van der Waals surface area contributed by atoms with Crippen LogP contribution in [0.5, 0.6) is 5.75 Å².